The second-order valence-electron chi connectivity index (χ2n) is 5.84. The number of hydrogen-bond acceptors (Lipinski definition) is 3. The van der Waals surface area contributed by atoms with Crippen molar-refractivity contribution in [2.24, 2.45) is 0 Å². The maximum absolute atomic E-state index is 10.4. The highest BCUT2D eigenvalue weighted by molar-refractivity contribution is 5.35. The van der Waals surface area contributed by atoms with Gasteiger partial charge in [0.15, 0.2) is 0 Å². The predicted octanol–water partition coefficient (Wildman–Crippen LogP) is 2.43. The van der Waals surface area contributed by atoms with Crippen molar-refractivity contribution in [3.05, 3.63) is 29.8 Å². The Bertz CT molecular complexity index is 421. The number of aliphatic hydroxyl groups excluding tert-OH is 1. The van der Waals surface area contributed by atoms with Gasteiger partial charge in [-0.1, -0.05) is 26.0 Å². The molecule has 106 valence electrons. The second-order valence-corrected chi connectivity index (χ2v) is 5.84. The molecule has 1 aliphatic heterocycles. The molecule has 1 fully saturated rings. The van der Waals surface area contributed by atoms with Gasteiger partial charge in [0.05, 0.1) is 12.7 Å². The maximum Gasteiger partial charge on any atom is 0.119 e. The van der Waals surface area contributed by atoms with E-state index in [0.29, 0.717) is 0 Å². The van der Waals surface area contributed by atoms with Crippen LogP contribution in [0.15, 0.2) is 24.3 Å². The van der Waals surface area contributed by atoms with Crippen molar-refractivity contribution < 1.29 is 9.84 Å². The van der Waals surface area contributed by atoms with E-state index < -0.39 is 0 Å². The molecule has 0 saturated carbocycles. The van der Waals surface area contributed by atoms with E-state index in [-0.39, 0.29) is 11.5 Å². The van der Waals surface area contributed by atoms with Gasteiger partial charge >= 0.3 is 0 Å². The zero-order chi connectivity index (χ0) is 13.9. The first-order chi connectivity index (χ1) is 9.06. The molecule has 2 atom stereocenters. The van der Waals surface area contributed by atoms with Crippen LogP contribution in [0.3, 0.4) is 0 Å². The molecule has 19 heavy (non-hydrogen) atoms. The monoisotopic (exact) mass is 263 g/mol. The SMILES string of the molecule is CCCOc1cccc(C2(C)CN(C)CCC2O)c1. The summed E-state index contributed by atoms with van der Waals surface area (Å²) in [6.07, 6.45) is 1.55. The number of piperidine rings is 1. The van der Waals surface area contributed by atoms with Crippen LogP contribution in [0.5, 0.6) is 5.75 Å². The maximum atomic E-state index is 10.4. The minimum Gasteiger partial charge on any atom is -0.494 e. The molecule has 3 nitrogen and oxygen atoms in total. The summed E-state index contributed by atoms with van der Waals surface area (Å²) in [7, 11) is 2.11. The van der Waals surface area contributed by atoms with Crippen LogP contribution < -0.4 is 4.74 Å². The molecule has 0 aromatic heterocycles. The highest BCUT2D eigenvalue weighted by Crippen LogP contribution is 2.35. The normalized spacial score (nSPS) is 28.3. The number of likely N-dealkylation sites (N-methyl/N-ethyl adjacent to an activating group) is 1. The molecule has 2 unspecified atom stereocenters. The van der Waals surface area contributed by atoms with Gasteiger partial charge < -0.3 is 14.7 Å². The van der Waals surface area contributed by atoms with E-state index in [1.807, 2.05) is 12.1 Å². The Kier molecular flexibility index (Phi) is 4.48. The molecular weight excluding hydrogens is 238 g/mol. The van der Waals surface area contributed by atoms with Gasteiger partial charge in [-0.3, -0.25) is 0 Å². The summed E-state index contributed by atoms with van der Waals surface area (Å²) < 4.78 is 5.70. The smallest absolute Gasteiger partial charge is 0.119 e. The number of hydrogen-bond donors (Lipinski definition) is 1. The number of rotatable bonds is 4. The Hall–Kier alpha value is -1.06. The van der Waals surface area contributed by atoms with Crippen LogP contribution in [0.2, 0.25) is 0 Å². The molecule has 1 heterocycles. The fourth-order valence-electron chi connectivity index (χ4n) is 2.85. The van der Waals surface area contributed by atoms with Gasteiger partial charge in [0.2, 0.25) is 0 Å². The molecule has 1 saturated heterocycles. The summed E-state index contributed by atoms with van der Waals surface area (Å²) in [6, 6.07) is 8.19. The molecule has 0 bridgehead atoms. The lowest BCUT2D eigenvalue weighted by atomic mass is 9.73. The number of benzene rings is 1. The molecule has 1 aliphatic rings. The molecule has 1 aromatic carbocycles. The first-order valence-electron chi connectivity index (χ1n) is 7.16. The Morgan fingerprint density at radius 1 is 1.47 bits per heavy atom. The molecule has 0 radical (unpaired) electrons. The molecule has 0 aliphatic carbocycles. The molecule has 0 spiro atoms. The van der Waals surface area contributed by atoms with E-state index >= 15 is 0 Å². The first-order valence-corrected chi connectivity index (χ1v) is 7.16. The Morgan fingerprint density at radius 3 is 3.00 bits per heavy atom. The first kappa shape index (κ1) is 14.4. The lowest BCUT2D eigenvalue weighted by Gasteiger charge is -2.43. The van der Waals surface area contributed by atoms with Crippen molar-refractivity contribution in [2.75, 3.05) is 26.7 Å². The van der Waals surface area contributed by atoms with Gasteiger partial charge in [0.25, 0.3) is 0 Å². The van der Waals surface area contributed by atoms with Crippen molar-refractivity contribution in [3.63, 3.8) is 0 Å². The zero-order valence-corrected chi connectivity index (χ0v) is 12.2. The van der Waals surface area contributed by atoms with Crippen LogP contribution >= 0.6 is 0 Å². The average molecular weight is 263 g/mol. The Labute approximate surface area is 116 Å². The van der Waals surface area contributed by atoms with Crippen molar-refractivity contribution in [2.45, 2.75) is 38.2 Å². The van der Waals surface area contributed by atoms with E-state index in [0.717, 1.165) is 38.3 Å². The van der Waals surface area contributed by atoms with E-state index in [1.54, 1.807) is 0 Å². The third-order valence-corrected chi connectivity index (χ3v) is 4.08. The van der Waals surface area contributed by atoms with E-state index in [1.165, 1.54) is 5.56 Å². The fourth-order valence-corrected chi connectivity index (χ4v) is 2.85. The largest absolute Gasteiger partial charge is 0.494 e. The van der Waals surface area contributed by atoms with Gasteiger partial charge in [-0.25, -0.2) is 0 Å². The highest BCUT2D eigenvalue weighted by atomic mass is 16.5. The summed E-state index contributed by atoms with van der Waals surface area (Å²) in [4.78, 5) is 2.28. The van der Waals surface area contributed by atoms with Gasteiger partial charge in [-0.05, 0) is 37.6 Å². The number of ether oxygens (including phenoxy) is 1. The summed E-state index contributed by atoms with van der Waals surface area (Å²) in [6.45, 7) is 6.83. The number of nitrogens with zero attached hydrogens (tertiary/aromatic N) is 1. The predicted molar refractivity (Wildman–Crippen MR) is 77.7 cm³/mol. The van der Waals surface area contributed by atoms with Crippen LogP contribution in [0.25, 0.3) is 0 Å². The quantitative estimate of drug-likeness (QED) is 0.905. The van der Waals surface area contributed by atoms with Crippen LogP contribution in [0.4, 0.5) is 0 Å². The Morgan fingerprint density at radius 2 is 2.26 bits per heavy atom. The van der Waals surface area contributed by atoms with Gasteiger partial charge in [0, 0.05) is 18.5 Å². The summed E-state index contributed by atoms with van der Waals surface area (Å²) in [5.74, 6) is 0.904. The van der Waals surface area contributed by atoms with Crippen molar-refractivity contribution >= 4 is 0 Å². The van der Waals surface area contributed by atoms with Gasteiger partial charge in [0.1, 0.15) is 5.75 Å². The summed E-state index contributed by atoms with van der Waals surface area (Å²) >= 11 is 0. The van der Waals surface area contributed by atoms with Crippen molar-refractivity contribution in [1.29, 1.82) is 0 Å². The van der Waals surface area contributed by atoms with Gasteiger partial charge in [-0.2, -0.15) is 0 Å². The standard InChI is InChI=1S/C16H25NO2/c1-4-10-19-14-7-5-6-13(11-14)16(2)12-17(3)9-8-15(16)18/h5-7,11,15,18H,4,8-10,12H2,1-3H3. The topological polar surface area (TPSA) is 32.7 Å². The van der Waals surface area contributed by atoms with Crippen molar-refractivity contribution in [1.82, 2.24) is 4.90 Å². The van der Waals surface area contributed by atoms with E-state index in [2.05, 4.69) is 37.9 Å². The molecule has 3 heteroatoms. The molecule has 2 rings (SSSR count). The average Bonchev–Trinajstić information content (AvgIpc) is 2.41. The number of likely N-dealkylation sites (tertiary alicyclic amines) is 1. The minimum atomic E-state index is -0.287. The lowest BCUT2D eigenvalue weighted by Crippen LogP contribution is -2.51. The molecular formula is C16H25NO2. The molecule has 1 aromatic rings. The summed E-state index contributed by atoms with van der Waals surface area (Å²) in [5, 5.41) is 10.4. The van der Waals surface area contributed by atoms with Crippen molar-refractivity contribution in [3.8, 4) is 5.75 Å². The molecule has 0 amide bonds. The minimum absolute atomic E-state index is 0.210. The van der Waals surface area contributed by atoms with Crippen LogP contribution in [-0.4, -0.2) is 42.9 Å². The lowest BCUT2D eigenvalue weighted by molar-refractivity contribution is 0.0197. The highest BCUT2D eigenvalue weighted by Gasteiger charge is 2.39. The molecule has 1 N–H and O–H groups in total. The number of aliphatic hydroxyl groups is 1. The van der Waals surface area contributed by atoms with E-state index in [4.69, 9.17) is 4.74 Å². The summed E-state index contributed by atoms with van der Waals surface area (Å²) in [5.41, 5.74) is 0.957. The fraction of sp³-hybridized carbons (Fsp3) is 0.625. The van der Waals surface area contributed by atoms with Crippen LogP contribution in [0, 0.1) is 0 Å². The third kappa shape index (κ3) is 3.10. The van der Waals surface area contributed by atoms with Gasteiger partial charge in [-0.15, -0.1) is 0 Å². The van der Waals surface area contributed by atoms with Crippen LogP contribution in [-0.2, 0) is 5.41 Å². The second kappa shape index (κ2) is 5.93. The van der Waals surface area contributed by atoms with E-state index in [9.17, 15) is 5.11 Å². The van der Waals surface area contributed by atoms with Crippen LogP contribution in [0.1, 0.15) is 32.3 Å². The third-order valence-electron chi connectivity index (χ3n) is 4.08. The Balaban J connectivity index is 2.23. The zero-order valence-electron chi connectivity index (χ0n) is 12.2.